The predicted octanol–water partition coefficient (Wildman–Crippen LogP) is -1.44. The van der Waals surface area contributed by atoms with Crippen molar-refractivity contribution in [3.8, 4) is 0 Å². The molecule has 0 saturated carbocycles. The summed E-state index contributed by atoms with van der Waals surface area (Å²) < 4.78 is 2.62. The Kier molecular flexibility index (Phi) is 10.8. The Morgan fingerprint density at radius 1 is 1.00 bits per heavy atom. The van der Waals surface area contributed by atoms with E-state index in [9.17, 15) is 48.9 Å². The summed E-state index contributed by atoms with van der Waals surface area (Å²) in [5, 5.41) is 43.9. The van der Waals surface area contributed by atoms with Crippen LogP contribution in [-0.4, -0.2) is 121 Å². The van der Waals surface area contributed by atoms with Gasteiger partial charge in [-0.2, -0.15) is 0 Å². The Balaban J connectivity index is 1.64. The molecule has 260 valence electrons. The molecule has 4 aliphatic rings. The lowest BCUT2D eigenvalue weighted by Crippen LogP contribution is -2.61. The molecule has 0 aliphatic carbocycles. The highest BCUT2D eigenvalue weighted by Crippen LogP contribution is 2.35. The first-order valence-electron chi connectivity index (χ1n) is 15.5. The van der Waals surface area contributed by atoms with Gasteiger partial charge in [0.05, 0.1) is 28.5 Å². The lowest BCUT2D eigenvalue weighted by Gasteiger charge is -2.32. The molecule has 0 unspecified atom stereocenters. The number of hydrogen-bond acceptors (Lipinski definition) is 11. The van der Waals surface area contributed by atoms with Crippen LogP contribution in [0.3, 0.4) is 0 Å². The molecule has 7 N–H and O–H groups in total. The molecule has 0 radical (unpaired) electrons. The topological polar surface area (TPSA) is 236 Å². The van der Waals surface area contributed by atoms with Gasteiger partial charge in [-0.25, -0.2) is 0 Å². The molecule has 0 aromatic carbocycles. The first kappa shape index (κ1) is 35.3. The van der Waals surface area contributed by atoms with Crippen LogP contribution in [0.15, 0.2) is 22.7 Å². The summed E-state index contributed by atoms with van der Waals surface area (Å²) in [6.45, 7) is 2.30. The molecule has 2 saturated heterocycles. The quantitative estimate of drug-likeness (QED) is 0.182. The van der Waals surface area contributed by atoms with E-state index in [-0.39, 0.29) is 31.7 Å². The van der Waals surface area contributed by atoms with Crippen molar-refractivity contribution in [2.24, 2.45) is 5.92 Å². The van der Waals surface area contributed by atoms with Gasteiger partial charge in [0.25, 0.3) is 0 Å². The number of amides is 5. The summed E-state index contributed by atoms with van der Waals surface area (Å²) >= 11 is 2.66. The number of Topliss-reactive ketones (excluding diaryl/α,β-unsaturated/α-hetero) is 1. The molecule has 6 rings (SSSR count). The first-order chi connectivity index (χ1) is 22.7. The zero-order valence-corrected chi connectivity index (χ0v) is 27.8. The van der Waals surface area contributed by atoms with Crippen molar-refractivity contribution in [1.29, 1.82) is 0 Å². The lowest BCUT2D eigenvalue weighted by molar-refractivity contribution is -0.143. The molecule has 2 fully saturated rings. The van der Waals surface area contributed by atoms with E-state index in [1.807, 2.05) is 11.4 Å². The van der Waals surface area contributed by atoms with Crippen LogP contribution in [0.25, 0.3) is 10.1 Å². The highest BCUT2D eigenvalue weighted by molar-refractivity contribution is 7.99. The largest absolute Gasteiger partial charge is 0.481 e. The number of hydrogen-bond donors (Lipinski definition) is 7. The van der Waals surface area contributed by atoms with Crippen molar-refractivity contribution in [2.75, 3.05) is 12.3 Å². The number of thiophene rings is 1. The van der Waals surface area contributed by atoms with Crippen LogP contribution in [-0.2, 0) is 40.1 Å². The van der Waals surface area contributed by atoms with E-state index < -0.39 is 102 Å². The summed E-state index contributed by atoms with van der Waals surface area (Å²) in [5.41, 5.74) is 0. The third-order valence-corrected chi connectivity index (χ3v) is 10.8. The summed E-state index contributed by atoms with van der Waals surface area (Å²) in [5.74, 6) is -6.95. The molecule has 5 amide bonds. The minimum Gasteiger partial charge on any atom is -0.481 e. The molecule has 16 nitrogen and oxygen atoms in total. The van der Waals surface area contributed by atoms with E-state index in [0.717, 1.165) is 15.0 Å². The van der Waals surface area contributed by atoms with Crippen molar-refractivity contribution in [2.45, 2.75) is 93.5 Å². The fourth-order valence-electron chi connectivity index (χ4n) is 6.13. The molecule has 8 atom stereocenters. The van der Waals surface area contributed by atoms with Crippen LogP contribution in [0.5, 0.6) is 0 Å². The fraction of sp³-hybridized carbons (Fsp3) is 0.567. The van der Waals surface area contributed by atoms with Crippen molar-refractivity contribution in [3.63, 3.8) is 0 Å². The fourth-order valence-corrected chi connectivity index (χ4v) is 8.21. The third kappa shape index (κ3) is 7.66. The van der Waals surface area contributed by atoms with Gasteiger partial charge in [0.2, 0.25) is 29.5 Å². The van der Waals surface area contributed by atoms with E-state index in [1.54, 1.807) is 10.8 Å². The van der Waals surface area contributed by atoms with Crippen molar-refractivity contribution >= 4 is 74.5 Å². The molecule has 48 heavy (non-hydrogen) atoms. The Labute approximate surface area is 283 Å². The Bertz CT molecular complexity index is 1620. The minimum absolute atomic E-state index is 0.0384. The van der Waals surface area contributed by atoms with Gasteiger partial charge in [-0.15, -0.1) is 23.1 Å². The van der Waals surface area contributed by atoms with Crippen LogP contribution in [0.4, 0.5) is 0 Å². The monoisotopic (exact) mass is 706 g/mol. The summed E-state index contributed by atoms with van der Waals surface area (Å²) in [6, 6.07) is -4.64. The number of carbonyl (C=O) groups is 7. The van der Waals surface area contributed by atoms with Crippen LogP contribution in [0.1, 0.15) is 39.5 Å². The maximum Gasteiger partial charge on any atom is 0.303 e. The van der Waals surface area contributed by atoms with E-state index >= 15 is 0 Å². The number of aliphatic carboxylic acids is 1. The minimum atomic E-state index is -1.56. The summed E-state index contributed by atoms with van der Waals surface area (Å²) in [4.78, 5) is 94.6. The number of aliphatic hydroxyl groups is 2. The average molecular weight is 707 g/mol. The molecule has 18 heteroatoms. The van der Waals surface area contributed by atoms with Gasteiger partial charge in [-0.1, -0.05) is 0 Å². The number of rotatable bonds is 4. The smallest absolute Gasteiger partial charge is 0.303 e. The molecule has 2 bridgehead atoms. The van der Waals surface area contributed by atoms with Gasteiger partial charge in [0.1, 0.15) is 30.2 Å². The number of carbonyl (C=O) groups excluding carboxylic acids is 6. The van der Waals surface area contributed by atoms with Crippen molar-refractivity contribution in [1.82, 2.24) is 30.7 Å². The van der Waals surface area contributed by atoms with Crippen molar-refractivity contribution < 1.29 is 48.9 Å². The van der Waals surface area contributed by atoms with Crippen LogP contribution >= 0.6 is 23.1 Å². The number of aliphatic hydroxyl groups excluding tert-OH is 2. The van der Waals surface area contributed by atoms with Gasteiger partial charge < -0.3 is 46.1 Å². The molecular weight excluding hydrogens is 668 g/mol. The zero-order valence-electron chi connectivity index (χ0n) is 26.2. The zero-order chi connectivity index (χ0) is 34.9. The second-order valence-electron chi connectivity index (χ2n) is 12.4. The standard InChI is InChI=1S/C30H38N6O10S2/c1-13-25(42)34-24(14(2)37)28(45)33-19-12-48-30-17-5-6-47-22(17)11-35(30)10-18(21(39)7-15(26(43)31-13)3-4-23(40)41)32-27(44)20-8-16(38)9-36(20)29(19)46/h5-6,11,13-16,18-20,24,37-38H,3-4,7-10,12H2,1-2H3,(H,31,43)(H,32,44)(H,33,45)(H,34,42)(H,40,41)/t13-,14-,15+,16+,18+,19-,20-,24+/m0/s1. The van der Waals surface area contributed by atoms with Crippen LogP contribution < -0.4 is 21.3 Å². The average Bonchev–Trinajstić information content (AvgIpc) is 3.72. The number of fused-ring (bicyclic) bond motifs is 13. The first-order valence-corrected chi connectivity index (χ1v) is 17.4. The second-order valence-corrected chi connectivity index (χ2v) is 14.3. The number of aromatic nitrogens is 1. The van der Waals surface area contributed by atoms with Gasteiger partial charge in [-0.05, 0) is 31.7 Å². The van der Waals surface area contributed by atoms with Crippen LogP contribution in [0, 0.1) is 5.92 Å². The van der Waals surface area contributed by atoms with E-state index in [0.29, 0.717) is 5.03 Å². The second kappa shape index (κ2) is 14.6. The molecule has 0 spiro atoms. The van der Waals surface area contributed by atoms with E-state index in [1.165, 1.54) is 36.9 Å². The van der Waals surface area contributed by atoms with E-state index in [4.69, 9.17) is 0 Å². The van der Waals surface area contributed by atoms with E-state index in [2.05, 4.69) is 21.3 Å². The molecule has 2 aromatic rings. The Hall–Kier alpha value is -4.00. The molecule has 6 heterocycles. The number of carboxylic acids is 1. The number of thioether (sulfide) groups is 1. The summed E-state index contributed by atoms with van der Waals surface area (Å²) in [7, 11) is 0. The number of nitrogens with one attached hydrogen (secondary N) is 4. The number of nitrogens with zero attached hydrogens (tertiary/aromatic N) is 2. The SMILES string of the molecule is C[C@@H]1NC(=O)[C@H](CCC(=O)O)CC(=O)[C@H]2Cn3cc4sccc4c3SC[C@H](NC(=O)[C@@H]([C@H](C)O)NC1=O)C(=O)N1C[C@H](O)C[C@H]1C(=O)N2. The highest BCUT2D eigenvalue weighted by atomic mass is 32.2. The maximum atomic E-state index is 14.1. The number of ketones is 1. The van der Waals surface area contributed by atoms with Crippen molar-refractivity contribution in [3.05, 3.63) is 17.6 Å². The van der Waals surface area contributed by atoms with Crippen LogP contribution in [0.2, 0.25) is 0 Å². The normalized spacial score (nSPS) is 30.1. The number of carboxylic acid groups (broad SMARTS) is 1. The molecule has 2 aromatic heterocycles. The Morgan fingerprint density at radius 3 is 2.44 bits per heavy atom. The lowest BCUT2D eigenvalue weighted by atomic mass is 9.92. The van der Waals surface area contributed by atoms with Gasteiger partial charge in [0, 0.05) is 49.1 Å². The third-order valence-electron chi connectivity index (χ3n) is 8.75. The molecular formula is C30H38N6O10S2. The summed E-state index contributed by atoms with van der Waals surface area (Å²) in [6.07, 6.45) is -2.03. The highest BCUT2D eigenvalue weighted by Gasteiger charge is 2.44. The van der Waals surface area contributed by atoms with Gasteiger partial charge in [0.15, 0.2) is 5.78 Å². The van der Waals surface area contributed by atoms with Gasteiger partial charge in [-0.3, -0.25) is 33.6 Å². The molecule has 4 aliphatic heterocycles. The van der Waals surface area contributed by atoms with Gasteiger partial charge >= 0.3 is 5.97 Å². The predicted molar refractivity (Wildman–Crippen MR) is 172 cm³/mol. The Morgan fingerprint density at radius 2 is 1.73 bits per heavy atom. The maximum absolute atomic E-state index is 14.1.